The van der Waals surface area contributed by atoms with E-state index in [1.165, 1.54) is 17.7 Å². The van der Waals surface area contributed by atoms with Gasteiger partial charge in [0.2, 0.25) is 5.91 Å². The molecule has 0 saturated carbocycles. The van der Waals surface area contributed by atoms with Crippen molar-refractivity contribution in [2.75, 3.05) is 39.8 Å². The molecule has 190 valence electrons. The molecule has 4 nitrogen and oxygen atoms in total. The number of hydrogen-bond donors (Lipinski definition) is 0. The van der Waals surface area contributed by atoms with Crippen LogP contribution in [0.5, 0.6) is 0 Å². The number of benzene rings is 2. The number of rotatable bonds is 3. The molecule has 1 unspecified atom stereocenters. The Kier molecular flexibility index (Phi) is 7.84. The number of carbonyl (C=O) groups is 1. The molecule has 4 rings (SSSR count). The van der Waals surface area contributed by atoms with Crippen LogP contribution in [0, 0.1) is 17.6 Å². The van der Waals surface area contributed by atoms with Gasteiger partial charge in [-0.2, -0.15) is 0 Å². The zero-order valence-corrected chi connectivity index (χ0v) is 21.9. The van der Waals surface area contributed by atoms with Crippen LogP contribution < -0.4 is 0 Å². The molecule has 35 heavy (non-hydrogen) atoms. The molecule has 2 aromatic carbocycles. The SMILES string of the molecule is CN1CCN(C(=O)C2CN(C(C)(C)C)C[C@H]2c2ccc(F)cc2F)CCC[C@H]1c1ccc(Cl)cc1. The lowest BCUT2D eigenvalue weighted by Gasteiger charge is -2.36. The third-order valence-corrected chi connectivity index (χ3v) is 7.93. The summed E-state index contributed by atoms with van der Waals surface area (Å²) in [6.45, 7) is 9.55. The summed E-state index contributed by atoms with van der Waals surface area (Å²) in [7, 11) is 2.10. The van der Waals surface area contributed by atoms with Crippen LogP contribution in [-0.4, -0.2) is 65.9 Å². The smallest absolute Gasteiger partial charge is 0.227 e. The lowest BCUT2D eigenvalue weighted by atomic mass is 9.87. The summed E-state index contributed by atoms with van der Waals surface area (Å²) >= 11 is 6.07. The van der Waals surface area contributed by atoms with E-state index >= 15 is 0 Å². The van der Waals surface area contributed by atoms with Gasteiger partial charge in [-0.3, -0.25) is 14.6 Å². The van der Waals surface area contributed by atoms with E-state index in [9.17, 15) is 13.6 Å². The van der Waals surface area contributed by atoms with Gasteiger partial charge in [-0.25, -0.2) is 8.78 Å². The van der Waals surface area contributed by atoms with E-state index in [0.29, 0.717) is 31.7 Å². The monoisotopic (exact) mass is 503 g/mol. The molecule has 7 heteroatoms. The summed E-state index contributed by atoms with van der Waals surface area (Å²) in [5.74, 6) is -1.74. The van der Waals surface area contributed by atoms with Gasteiger partial charge in [-0.1, -0.05) is 29.8 Å². The highest BCUT2D eigenvalue weighted by Gasteiger charge is 2.44. The first-order valence-corrected chi connectivity index (χ1v) is 12.9. The minimum Gasteiger partial charge on any atom is -0.341 e. The third-order valence-electron chi connectivity index (χ3n) is 7.67. The summed E-state index contributed by atoms with van der Waals surface area (Å²) in [5, 5.41) is 0.729. The van der Waals surface area contributed by atoms with Crippen LogP contribution in [0.2, 0.25) is 5.02 Å². The maximum absolute atomic E-state index is 14.8. The Morgan fingerprint density at radius 2 is 1.71 bits per heavy atom. The molecule has 3 atom stereocenters. The first-order valence-electron chi connectivity index (χ1n) is 12.5. The van der Waals surface area contributed by atoms with Gasteiger partial charge in [0.25, 0.3) is 0 Å². The summed E-state index contributed by atoms with van der Waals surface area (Å²) < 4.78 is 28.4. The molecule has 0 bridgehead atoms. The first kappa shape index (κ1) is 26.1. The largest absolute Gasteiger partial charge is 0.341 e. The number of likely N-dealkylation sites (N-methyl/N-ethyl adjacent to an activating group) is 1. The van der Waals surface area contributed by atoms with Crippen molar-refractivity contribution in [3.8, 4) is 0 Å². The molecule has 2 aliphatic heterocycles. The van der Waals surface area contributed by atoms with Crippen molar-refractivity contribution < 1.29 is 13.6 Å². The fourth-order valence-corrected chi connectivity index (χ4v) is 5.65. The maximum Gasteiger partial charge on any atom is 0.227 e. The molecule has 1 amide bonds. The van der Waals surface area contributed by atoms with Crippen LogP contribution in [0.1, 0.15) is 56.7 Å². The first-order chi connectivity index (χ1) is 16.5. The van der Waals surface area contributed by atoms with Crippen LogP contribution >= 0.6 is 11.6 Å². The number of likely N-dealkylation sites (tertiary alicyclic amines) is 1. The van der Waals surface area contributed by atoms with Crippen molar-refractivity contribution in [2.24, 2.45) is 5.92 Å². The average molecular weight is 504 g/mol. The molecule has 2 fully saturated rings. The molecule has 0 spiro atoms. The molecular formula is C28H36ClF2N3O. The Hall–Kier alpha value is -2.02. The van der Waals surface area contributed by atoms with Gasteiger partial charge >= 0.3 is 0 Å². The molecule has 2 aromatic rings. The van der Waals surface area contributed by atoms with Gasteiger partial charge in [-0.05, 0) is 70.0 Å². The van der Waals surface area contributed by atoms with Gasteiger partial charge in [0, 0.05) is 61.3 Å². The molecule has 0 radical (unpaired) electrons. The highest BCUT2D eigenvalue weighted by Crippen LogP contribution is 2.39. The molecule has 0 aliphatic carbocycles. The van der Waals surface area contributed by atoms with E-state index in [1.807, 2.05) is 17.0 Å². The Morgan fingerprint density at radius 3 is 2.37 bits per heavy atom. The number of amides is 1. The highest BCUT2D eigenvalue weighted by atomic mass is 35.5. The van der Waals surface area contributed by atoms with E-state index in [2.05, 4.69) is 49.8 Å². The fraction of sp³-hybridized carbons (Fsp3) is 0.536. The Bertz CT molecular complexity index is 1040. The van der Waals surface area contributed by atoms with Crippen molar-refractivity contribution in [1.29, 1.82) is 0 Å². The van der Waals surface area contributed by atoms with Crippen LogP contribution in [0.3, 0.4) is 0 Å². The second kappa shape index (κ2) is 10.5. The van der Waals surface area contributed by atoms with Crippen molar-refractivity contribution in [2.45, 2.75) is 51.1 Å². The van der Waals surface area contributed by atoms with Gasteiger partial charge in [0.05, 0.1) is 5.92 Å². The van der Waals surface area contributed by atoms with Crippen LogP contribution in [0.4, 0.5) is 8.78 Å². The standard InChI is InChI=1S/C28H36ClF2N3O/c1-28(2,3)34-17-23(22-12-11-21(30)16-25(22)31)24(18-34)27(35)33-13-5-6-26(32(4)14-15-33)19-7-9-20(29)10-8-19/h7-12,16,23-24,26H,5-6,13-15,17-18H2,1-4H3/t23-,24?,26-/m0/s1. The lowest BCUT2D eigenvalue weighted by molar-refractivity contribution is -0.136. The Morgan fingerprint density at radius 1 is 1.00 bits per heavy atom. The van der Waals surface area contributed by atoms with Crippen molar-refractivity contribution >= 4 is 17.5 Å². The van der Waals surface area contributed by atoms with Gasteiger partial charge in [0.1, 0.15) is 11.6 Å². The molecular weight excluding hydrogens is 468 g/mol. The fourth-order valence-electron chi connectivity index (χ4n) is 5.52. The Labute approximate surface area is 212 Å². The van der Waals surface area contributed by atoms with Gasteiger partial charge < -0.3 is 4.90 Å². The molecule has 2 heterocycles. The topological polar surface area (TPSA) is 26.8 Å². The quantitative estimate of drug-likeness (QED) is 0.535. The summed E-state index contributed by atoms with van der Waals surface area (Å²) in [6, 6.07) is 12.0. The zero-order chi connectivity index (χ0) is 25.3. The van der Waals surface area contributed by atoms with E-state index < -0.39 is 11.6 Å². The summed E-state index contributed by atoms with van der Waals surface area (Å²) in [6.07, 6.45) is 1.82. The van der Waals surface area contributed by atoms with E-state index in [4.69, 9.17) is 11.6 Å². The van der Waals surface area contributed by atoms with Gasteiger partial charge in [0.15, 0.2) is 0 Å². The van der Waals surface area contributed by atoms with Crippen LogP contribution in [-0.2, 0) is 4.79 Å². The number of hydrogen-bond acceptors (Lipinski definition) is 3. The van der Waals surface area contributed by atoms with Crippen molar-refractivity contribution in [3.05, 3.63) is 70.2 Å². The number of halogens is 3. The molecule has 2 aliphatic rings. The van der Waals surface area contributed by atoms with E-state index in [1.54, 1.807) is 0 Å². The summed E-state index contributed by atoms with van der Waals surface area (Å²) in [4.78, 5) is 20.4. The van der Waals surface area contributed by atoms with Gasteiger partial charge in [-0.15, -0.1) is 0 Å². The molecule has 0 N–H and O–H groups in total. The van der Waals surface area contributed by atoms with E-state index in [0.717, 1.165) is 30.5 Å². The van der Waals surface area contributed by atoms with Crippen LogP contribution in [0.15, 0.2) is 42.5 Å². The highest BCUT2D eigenvalue weighted by molar-refractivity contribution is 6.30. The predicted octanol–water partition coefficient (Wildman–Crippen LogP) is 5.73. The van der Waals surface area contributed by atoms with Crippen molar-refractivity contribution in [1.82, 2.24) is 14.7 Å². The lowest BCUT2D eigenvalue weighted by Crippen LogP contribution is -2.46. The Balaban J connectivity index is 1.51. The third kappa shape index (κ3) is 5.87. The van der Waals surface area contributed by atoms with Crippen LogP contribution in [0.25, 0.3) is 0 Å². The second-order valence-electron chi connectivity index (χ2n) is 11.0. The number of carbonyl (C=O) groups excluding carboxylic acids is 1. The summed E-state index contributed by atoms with van der Waals surface area (Å²) in [5.41, 5.74) is 1.52. The average Bonchev–Trinajstić information content (AvgIpc) is 3.23. The number of nitrogens with zero attached hydrogens (tertiary/aromatic N) is 3. The maximum atomic E-state index is 14.8. The van der Waals surface area contributed by atoms with E-state index in [-0.39, 0.29) is 29.3 Å². The normalized spacial score (nSPS) is 24.9. The minimum atomic E-state index is -0.596. The zero-order valence-electron chi connectivity index (χ0n) is 21.1. The van der Waals surface area contributed by atoms with Crippen molar-refractivity contribution in [3.63, 3.8) is 0 Å². The minimum absolute atomic E-state index is 0.0730. The molecule has 0 aromatic heterocycles. The predicted molar refractivity (Wildman–Crippen MR) is 137 cm³/mol. The second-order valence-corrected chi connectivity index (χ2v) is 11.4. The molecule has 2 saturated heterocycles.